The fraction of sp³-hybridized carbons (Fsp3) is 0.632. The molecule has 1 aromatic heterocycles. The van der Waals surface area contributed by atoms with E-state index in [1.807, 2.05) is 17.0 Å². The molecular formula is C19H28N4O2. The molecule has 0 spiro atoms. The van der Waals surface area contributed by atoms with Crippen molar-refractivity contribution >= 4 is 23.4 Å². The zero-order valence-corrected chi connectivity index (χ0v) is 15.2. The van der Waals surface area contributed by atoms with Crippen molar-refractivity contribution in [2.45, 2.75) is 58.4 Å². The summed E-state index contributed by atoms with van der Waals surface area (Å²) < 4.78 is 0. The summed E-state index contributed by atoms with van der Waals surface area (Å²) in [5.41, 5.74) is 0.678. The maximum absolute atomic E-state index is 12.6. The van der Waals surface area contributed by atoms with Crippen molar-refractivity contribution in [3.63, 3.8) is 0 Å². The summed E-state index contributed by atoms with van der Waals surface area (Å²) in [6.45, 7) is 5.67. The molecule has 2 fully saturated rings. The minimum atomic E-state index is 0.00732. The summed E-state index contributed by atoms with van der Waals surface area (Å²) in [5.74, 6) is 1.17. The summed E-state index contributed by atoms with van der Waals surface area (Å²) in [5, 5.41) is 2.86. The first-order valence-electron chi connectivity index (χ1n) is 9.38. The SMILES string of the molecule is CC(C)CCC(=O)Nc1ccc(N2CCN(C3CCCC3)C2=O)nc1. The molecule has 1 aromatic rings. The molecule has 0 radical (unpaired) electrons. The van der Waals surface area contributed by atoms with E-state index in [2.05, 4.69) is 24.1 Å². The van der Waals surface area contributed by atoms with E-state index in [0.717, 1.165) is 25.8 Å². The molecule has 25 heavy (non-hydrogen) atoms. The van der Waals surface area contributed by atoms with Crippen LogP contribution in [0.1, 0.15) is 52.4 Å². The summed E-state index contributed by atoms with van der Waals surface area (Å²) in [6.07, 6.45) is 7.70. The van der Waals surface area contributed by atoms with E-state index in [9.17, 15) is 9.59 Å². The quantitative estimate of drug-likeness (QED) is 0.857. The Bertz CT molecular complexity index is 608. The molecule has 136 valence electrons. The second-order valence-corrected chi connectivity index (χ2v) is 7.45. The molecule has 2 aliphatic rings. The highest BCUT2D eigenvalue weighted by Crippen LogP contribution is 2.28. The third-order valence-electron chi connectivity index (χ3n) is 5.06. The van der Waals surface area contributed by atoms with Gasteiger partial charge in [0.05, 0.1) is 11.9 Å². The van der Waals surface area contributed by atoms with Crippen LogP contribution in [-0.4, -0.2) is 41.0 Å². The van der Waals surface area contributed by atoms with Crippen LogP contribution >= 0.6 is 0 Å². The van der Waals surface area contributed by atoms with Crippen LogP contribution < -0.4 is 10.2 Å². The smallest absolute Gasteiger partial charge is 0.325 e. The van der Waals surface area contributed by atoms with Gasteiger partial charge in [-0.05, 0) is 37.3 Å². The second kappa shape index (κ2) is 7.85. The van der Waals surface area contributed by atoms with Gasteiger partial charge in [0.15, 0.2) is 0 Å². The molecule has 3 rings (SSSR count). The van der Waals surface area contributed by atoms with Gasteiger partial charge in [0.25, 0.3) is 0 Å². The molecule has 0 bridgehead atoms. The van der Waals surface area contributed by atoms with Gasteiger partial charge in [0.2, 0.25) is 5.91 Å². The Hall–Kier alpha value is -2.11. The highest BCUT2D eigenvalue weighted by atomic mass is 16.2. The molecule has 6 nitrogen and oxygen atoms in total. The van der Waals surface area contributed by atoms with Gasteiger partial charge in [0.1, 0.15) is 5.82 Å². The lowest BCUT2D eigenvalue weighted by Crippen LogP contribution is -2.38. The summed E-state index contributed by atoms with van der Waals surface area (Å²) in [7, 11) is 0. The highest BCUT2D eigenvalue weighted by molar-refractivity contribution is 5.94. The lowest BCUT2D eigenvalue weighted by atomic mass is 10.1. The van der Waals surface area contributed by atoms with E-state index < -0.39 is 0 Å². The lowest BCUT2D eigenvalue weighted by Gasteiger charge is -2.23. The van der Waals surface area contributed by atoms with Gasteiger partial charge in [-0.3, -0.25) is 9.69 Å². The molecule has 1 saturated heterocycles. The molecule has 1 N–H and O–H groups in total. The number of urea groups is 1. The molecule has 1 aliphatic carbocycles. The van der Waals surface area contributed by atoms with Crippen molar-refractivity contribution in [3.05, 3.63) is 18.3 Å². The minimum absolute atomic E-state index is 0.00732. The summed E-state index contributed by atoms with van der Waals surface area (Å²) >= 11 is 0. The maximum atomic E-state index is 12.6. The predicted molar refractivity (Wildman–Crippen MR) is 98.6 cm³/mol. The monoisotopic (exact) mass is 344 g/mol. The van der Waals surface area contributed by atoms with Crippen LogP contribution in [0.25, 0.3) is 0 Å². The summed E-state index contributed by atoms with van der Waals surface area (Å²) in [6, 6.07) is 4.10. The first-order valence-corrected chi connectivity index (χ1v) is 9.38. The first-order chi connectivity index (χ1) is 12.0. The van der Waals surface area contributed by atoms with Gasteiger partial charge in [-0.15, -0.1) is 0 Å². The standard InChI is InChI=1S/C19H28N4O2/c1-14(2)7-10-18(24)21-15-8-9-17(20-13-15)23-12-11-22(19(23)25)16-5-3-4-6-16/h8-9,13-14,16H,3-7,10-12H2,1-2H3,(H,21,24). The van der Waals surface area contributed by atoms with Crippen molar-refractivity contribution in [2.75, 3.05) is 23.3 Å². The van der Waals surface area contributed by atoms with Gasteiger partial charge >= 0.3 is 6.03 Å². The minimum Gasteiger partial charge on any atom is -0.325 e. The fourth-order valence-corrected chi connectivity index (χ4v) is 3.58. The van der Waals surface area contributed by atoms with Crippen LogP contribution in [0.5, 0.6) is 0 Å². The number of amides is 3. The number of nitrogens with zero attached hydrogens (tertiary/aromatic N) is 3. The van der Waals surface area contributed by atoms with Crippen molar-refractivity contribution in [1.82, 2.24) is 9.88 Å². The van der Waals surface area contributed by atoms with Gasteiger partial charge in [0, 0.05) is 25.6 Å². The Morgan fingerprint density at radius 2 is 2.04 bits per heavy atom. The van der Waals surface area contributed by atoms with Gasteiger partial charge in [-0.1, -0.05) is 26.7 Å². The van der Waals surface area contributed by atoms with Crippen LogP contribution in [-0.2, 0) is 4.79 Å². The Morgan fingerprint density at radius 3 is 2.68 bits per heavy atom. The van der Waals surface area contributed by atoms with E-state index in [1.165, 1.54) is 12.8 Å². The molecule has 0 atom stereocenters. The normalized spacial score (nSPS) is 18.4. The molecule has 0 unspecified atom stereocenters. The zero-order valence-electron chi connectivity index (χ0n) is 15.2. The molecule has 1 saturated carbocycles. The van der Waals surface area contributed by atoms with Crippen LogP contribution in [0.15, 0.2) is 18.3 Å². The average Bonchev–Trinajstić information content (AvgIpc) is 3.23. The van der Waals surface area contributed by atoms with Gasteiger partial charge in [-0.2, -0.15) is 0 Å². The van der Waals surface area contributed by atoms with E-state index in [1.54, 1.807) is 11.1 Å². The van der Waals surface area contributed by atoms with Crippen molar-refractivity contribution < 1.29 is 9.59 Å². The second-order valence-electron chi connectivity index (χ2n) is 7.45. The number of hydrogen-bond donors (Lipinski definition) is 1. The maximum Gasteiger partial charge on any atom is 0.326 e. The number of rotatable bonds is 6. The van der Waals surface area contributed by atoms with E-state index in [4.69, 9.17) is 0 Å². The Labute approximate surface area is 149 Å². The lowest BCUT2D eigenvalue weighted by molar-refractivity contribution is -0.116. The molecular weight excluding hydrogens is 316 g/mol. The summed E-state index contributed by atoms with van der Waals surface area (Å²) in [4.78, 5) is 32.7. The van der Waals surface area contributed by atoms with E-state index in [0.29, 0.717) is 36.4 Å². The van der Waals surface area contributed by atoms with Gasteiger partial charge < -0.3 is 10.2 Å². The average molecular weight is 344 g/mol. The van der Waals surface area contributed by atoms with Crippen LogP contribution in [0.2, 0.25) is 0 Å². The topological polar surface area (TPSA) is 65.5 Å². The number of hydrogen-bond acceptors (Lipinski definition) is 3. The predicted octanol–water partition coefficient (Wildman–Crippen LogP) is 3.64. The van der Waals surface area contributed by atoms with Crippen LogP contribution in [0.3, 0.4) is 0 Å². The zero-order chi connectivity index (χ0) is 17.8. The first kappa shape index (κ1) is 17.7. The molecule has 3 amide bonds. The van der Waals surface area contributed by atoms with Crippen LogP contribution in [0.4, 0.5) is 16.3 Å². The molecule has 1 aliphatic heterocycles. The third-order valence-corrected chi connectivity index (χ3v) is 5.06. The number of carbonyl (C=O) groups excluding carboxylic acids is 2. The van der Waals surface area contributed by atoms with Crippen molar-refractivity contribution in [3.8, 4) is 0 Å². The largest absolute Gasteiger partial charge is 0.326 e. The number of pyridine rings is 1. The number of aromatic nitrogens is 1. The fourth-order valence-electron chi connectivity index (χ4n) is 3.58. The molecule has 2 heterocycles. The van der Waals surface area contributed by atoms with E-state index in [-0.39, 0.29) is 11.9 Å². The van der Waals surface area contributed by atoms with E-state index >= 15 is 0 Å². The van der Waals surface area contributed by atoms with Crippen molar-refractivity contribution in [2.24, 2.45) is 5.92 Å². The number of anilines is 2. The highest BCUT2D eigenvalue weighted by Gasteiger charge is 2.36. The Balaban J connectivity index is 1.57. The van der Waals surface area contributed by atoms with Crippen molar-refractivity contribution in [1.29, 1.82) is 0 Å². The molecule has 6 heteroatoms. The Morgan fingerprint density at radius 1 is 1.28 bits per heavy atom. The number of carbonyl (C=O) groups is 2. The van der Waals surface area contributed by atoms with Gasteiger partial charge in [-0.25, -0.2) is 9.78 Å². The Kier molecular flexibility index (Phi) is 5.56. The molecule has 0 aromatic carbocycles. The van der Waals surface area contributed by atoms with Crippen LogP contribution in [0, 0.1) is 5.92 Å². The number of nitrogens with one attached hydrogen (secondary N) is 1. The third kappa shape index (κ3) is 4.30.